The SMILES string of the molecule is O=C(Cc1ccccc1)NC(C(=O)N[C@H](c1ccc(F)cc1)c1cc(F)cc(OC(F)(F)C(F)F)c1)C(F)(F)F. The Labute approximate surface area is 220 Å². The Balaban J connectivity index is 1.95. The molecule has 40 heavy (non-hydrogen) atoms. The fraction of sp³-hybridized carbons (Fsp3) is 0.231. The molecule has 0 heterocycles. The van der Waals surface area contributed by atoms with Crippen molar-refractivity contribution in [3.05, 3.63) is 101 Å². The van der Waals surface area contributed by atoms with E-state index < -0.39 is 72.0 Å². The van der Waals surface area contributed by atoms with E-state index in [-0.39, 0.29) is 5.56 Å². The van der Waals surface area contributed by atoms with Crippen molar-refractivity contribution in [3.63, 3.8) is 0 Å². The Bertz CT molecular complexity index is 1320. The van der Waals surface area contributed by atoms with Crippen LogP contribution in [0.4, 0.5) is 39.5 Å². The zero-order valence-corrected chi connectivity index (χ0v) is 20.0. The van der Waals surface area contributed by atoms with Crippen LogP contribution in [-0.2, 0) is 16.0 Å². The Morgan fingerprint density at radius 2 is 1.40 bits per heavy atom. The van der Waals surface area contributed by atoms with E-state index in [1.165, 1.54) is 24.3 Å². The maximum atomic E-state index is 14.3. The van der Waals surface area contributed by atoms with Gasteiger partial charge in [0.1, 0.15) is 17.4 Å². The molecule has 2 amide bonds. The molecule has 0 spiro atoms. The monoisotopic (exact) mass is 578 g/mol. The van der Waals surface area contributed by atoms with Gasteiger partial charge in [-0.3, -0.25) is 9.59 Å². The number of ether oxygens (including phenoxy) is 1. The molecular formula is C26H19F9N2O3. The van der Waals surface area contributed by atoms with Crippen LogP contribution in [0, 0.1) is 11.6 Å². The first kappa shape index (κ1) is 30.3. The molecule has 0 saturated carbocycles. The number of amides is 2. The van der Waals surface area contributed by atoms with Gasteiger partial charge in [-0.2, -0.15) is 30.7 Å². The number of nitrogens with one attached hydrogen (secondary N) is 2. The van der Waals surface area contributed by atoms with Gasteiger partial charge in [-0.25, -0.2) is 8.78 Å². The number of benzene rings is 3. The van der Waals surface area contributed by atoms with Crippen molar-refractivity contribution in [3.8, 4) is 5.75 Å². The summed E-state index contributed by atoms with van der Waals surface area (Å²) in [5.74, 6) is -6.27. The molecule has 2 atom stereocenters. The lowest BCUT2D eigenvalue weighted by Crippen LogP contribution is -2.55. The number of carbonyl (C=O) groups excluding carboxylic acids is 2. The van der Waals surface area contributed by atoms with Gasteiger partial charge in [-0.15, -0.1) is 0 Å². The van der Waals surface area contributed by atoms with Crippen molar-refractivity contribution in [2.24, 2.45) is 0 Å². The maximum absolute atomic E-state index is 14.3. The topological polar surface area (TPSA) is 67.4 Å². The summed E-state index contributed by atoms with van der Waals surface area (Å²) in [6, 6.07) is 7.94. The zero-order chi connectivity index (χ0) is 29.7. The second-order valence-electron chi connectivity index (χ2n) is 8.38. The Kier molecular flexibility index (Phi) is 9.32. The number of alkyl halides is 7. The van der Waals surface area contributed by atoms with Gasteiger partial charge in [0, 0.05) is 6.07 Å². The summed E-state index contributed by atoms with van der Waals surface area (Å²) in [5, 5.41) is 3.50. The molecule has 5 nitrogen and oxygen atoms in total. The van der Waals surface area contributed by atoms with E-state index in [0.717, 1.165) is 24.3 Å². The predicted octanol–water partition coefficient (Wildman–Crippen LogP) is 5.70. The summed E-state index contributed by atoms with van der Waals surface area (Å²) in [7, 11) is 0. The van der Waals surface area contributed by atoms with Crippen LogP contribution >= 0.6 is 0 Å². The standard InChI is InChI=1S/C26H19F9N2O3/c27-17-8-6-15(7-9-17)21(16-11-18(28)13-19(12-16)40-26(34,35)24(29)30)37-23(39)22(25(31,32)33)36-20(38)10-14-4-2-1-3-5-14/h1-9,11-13,21-22,24H,10H2,(H,36,38)(H,37,39)/t21-,22?/m1/s1. The van der Waals surface area contributed by atoms with Crippen molar-refractivity contribution >= 4 is 11.8 Å². The molecule has 3 aromatic carbocycles. The lowest BCUT2D eigenvalue weighted by atomic mass is 9.97. The van der Waals surface area contributed by atoms with Crippen molar-refractivity contribution in [2.75, 3.05) is 0 Å². The molecule has 3 rings (SSSR count). The Hall–Kier alpha value is -4.23. The Morgan fingerprint density at radius 1 is 0.775 bits per heavy atom. The van der Waals surface area contributed by atoms with E-state index in [2.05, 4.69) is 4.74 Å². The lowest BCUT2D eigenvalue weighted by molar-refractivity contribution is -0.253. The summed E-state index contributed by atoms with van der Waals surface area (Å²) in [6.07, 6.45) is -15.2. The fourth-order valence-corrected chi connectivity index (χ4v) is 3.54. The summed E-state index contributed by atoms with van der Waals surface area (Å²) in [6.45, 7) is 0. The molecule has 0 aliphatic carbocycles. The van der Waals surface area contributed by atoms with E-state index in [0.29, 0.717) is 23.8 Å². The first-order chi connectivity index (χ1) is 18.7. The van der Waals surface area contributed by atoms with E-state index >= 15 is 0 Å². The van der Waals surface area contributed by atoms with Gasteiger partial charge < -0.3 is 15.4 Å². The minimum atomic E-state index is -5.32. The molecule has 0 aromatic heterocycles. The maximum Gasteiger partial charge on any atom is 0.461 e. The number of halogens is 9. The highest BCUT2D eigenvalue weighted by Crippen LogP contribution is 2.32. The second-order valence-corrected chi connectivity index (χ2v) is 8.38. The van der Waals surface area contributed by atoms with Gasteiger partial charge in [-0.1, -0.05) is 42.5 Å². The molecule has 14 heteroatoms. The zero-order valence-electron chi connectivity index (χ0n) is 20.0. The minimum Gasteiger partial charge on any atom is -0.428 e. The van der Waals surface area contributed by atoms with Crippen LogP contribution in [0.5, 0.6) is 5.75 Å². The molecule has 214 valence electrons. The highest BCUT2D eigenvalue weighted by molar-refractivity contribution is 5.89. The number of carbonyl (C=O) groups is 2. The minimum absolute atomic E-state index is 0.150. The normalized spacial score (nSPS) is 13.4. The molecule has 0 bridgehead atoms. The van der Waals surface area contributed by atoms with Crippen LogP contribution in [0.3, 0.4) is 0 Å². The third-order valence-electron chi connectivity index (χ3n) is 5.33. The Morgan fingerprint density at radius 3 is 1.98 bits per heavy atom. The fourth-order valence-electron chi connectivity index (χ4n) is 3.54. The number of hydrogen-bond donors (Lipinski definition) is 2. The molecule has 3 aromatic rings. The molecule has 2 N–H and O–H groups in total. The van der Waals surface area contributed by atoms with Crippen LogP contribution in [0.25, 0.3) is 0 Å². The summed E-state index contributed by atoms with van der Waals surface area (Å²) < 4.78 is 125. The van der Waals surface area contributed by atoms with Crippen molar-refractivity contribution in [1.82, 2.24) is 10.6 Å². The quantitative estimate of drug-likeness (QED) is 0.304. The molecule has 0 aliphatic heterocycles. The number of rotatable bonds is 10. The second kappa shape index (κ2) is 12.3. The first-order valence-corrected chi connectivity index (χ1v) is 11.3. The van der Waals surface area contributed by atoms with Crippen LogP contribution in [0.15, 0.2) is 72.8 Å². The van der Waals surface area contributed by atoms with E-state index in [4.69, 9.17) is 0 Å². The molecule has 0 radical (unpaired) electrons. The van der Waals surface area contributed by atoms with Crippen molar-refractivity contribution in [2.45, 2.75) is 37.2 Å². The van der Waals surface area contributed by atoms with Gasteiger partial charge >= 0.3 is 18.7 Å². The molecule has 0 aliphatic rings. The smallest absolute Gasteiger partial charge is 0.428 e. The van der Waals surface area contributed by atoms with Crippen molar-refractivity contribution in [1.29, 1.82) is 0 Å². The lowest BCUT2D eigenvalue weighted by Gasteiger charge is -2.26. The first-order valence-electron chi connectivity index (χ1n) is 11.3. The van der Waals surface area contributed by atoms with Gasteiger partial charge in [0.15, 0.2) is 0 Å². The van der Waals surface area contributed by atoms with E-state index in [9.17, 15) is 49.1 Å². The molecule has 0 fully saturated rings. The van der Waals surface area contributed by atoms with Crippen LogP contribution in [0.1, 0.15) is 22.7 Å². The largest absolute Gasteiger partial charge is 0.461 e. The third kappa shape index (κ3) is 8.13. The van der Waals surface area contributed by atoms with Gasteiger partial charge in [0.05, 0.1) is 12.5 Å². The van der Waals surface area contributed by atoms with E-state index in [1.54, 1.807) is 11.4 Å². The van der Waals surface area contributed by atoms with Gasteiger partial charge in [0.2, 0.25) is 11.9 Å². The van der Waals surface area contributed by atoms with Crippen LogP contribution in [0.2, 0.25) is 0 Å². The number of hydrogen-bond acceptors (Lipinski definition) is 3. The third-order valence-corrected chi connectivity index (χ3v) is 5.33. The molecule has 1 unspecified atom stereocenters. The summed E-state index contributed by atoms with van der Waals surface area (Å²) in [4.78, 5) is 25.1. The summed E-state index contributed by atoms with van der Waals surface area (Å²) >= 11 is 0. The highest BCUT2D eigenvalue weighted by Gasteiger charge is 2.47. The predicted molar refractivity (Wildman–Crippen MR) is 122 cm³/mol. The molecule has 0 saturated heterocycles. The summed E-state index contributed by atoms with van der Waals surface area (Å²) in [5.41, 5.74) is -0.321. The van der Waals surface area contributed by atoms with Gasteiger partial charge in [0.25, 0.3) is 5.91 Å². The van der Waals surface area contributed by atoms with Crippen LogP contribution < -0.4 is 15.4 Å². The highest BCUT2D eigenvalue weighted by atomic mass is 19.4. The van der Waals surface area contributed by atoms with Crippen molar-refractivity contribution < 1.29 is 53.8 Å². The average Bonchev–Trinajstić information content (AvgIpc) is 2.85. The average molecular weight is 578 g/mol. The van der Waals surface area contributed by atoms with Crippen LogP contribution in [-0.4, -0.2) is 36.6 Å². The van der Waals surface area contributed by atoms with E-state index in [1.807, 2.05) is 5.32 Å². The van der Waals surface area contributed by atoms with Gasteiger partial charge in [-0.05, 0) is 41.0 Å². The molecular weight excluding hydrogens is 559 g/mol.